The highest BCUT2D eigenvalue weighted by Gasteiger charge is 2.28. The molecule has 0 saturated carbocycles. The van der Waals surface area contributed by atoms with E-state index in [1.165, 1.54) is 0 Å². The van der Waals surface area contributed by atoms with Gasteiger partial charge in [-0.2, -0.15) is 5.10 Å². The SMILES string of the molecule is Cc1ccc(-n2nc3c(c2NC(=O)COc2ccc(Cl)cc2Cl)C[S@](=O)C3)cc1. The first-order valence-electron chi connectivity index (χ1n) is 8.81. The number of nitrogens with one attached hydrogen (secondary N) is 1. The van der Waals surface area contributed by atoms with Crippen molar-refractivity contribution in [2.24, 2.45) is 0 Å². The first kappa shape index (κ1) is 19.9. The topological polar surface area (TPSA) is 73.2 Å². The molecule has 1 aliphatic rings. The Bertz CT molecular complexity index is 1110. The van der Waals surface area contributed by atoms with Gasteiger partial charge >= 0.3 is 0 Å². The van der Waals surface area contributed by atoms with Crippen molar-refractivity contribution in [1.82, 2.24) is 9.78 Å². The Morgan fingerprint density at radius 2 is 1.97 bits per heavy atom. The van der Waals surface area contributed by atoms with Crippen molar-refractivity contribution >= 4 is 45.7 Å². The minimum absolute atomic E-state index is 0.238. The third-order valence-corrected chi connectivity index (χ3v) is 6.20. The molecule has 0 radical (unpaired) electrons. The van der Waals surface area contributed by atoms with Crippen molar-refractivity contribution < 1.29 is 13.7 Å². The van der Waals surface area contributed by atoms with Crippen LogP contribution in [0.3, 0.4) is 0 Å². The Morgan fingerprint density at radius 1 is 1.21 bits per heavy atom. The Labute approximate surface area is 180 Å². The number of carbonyl (C=O) groups excluding carboxylic acids is 1. The molecule has 3 aromatic rings. The van der Waals surface area contributed by atoms with E-state index in [-0.39, 0.29) is 12.5 Å². The van der Waals surface area contributed by atoms with E-state index in [4.69, 9.17) is 27.9 Å². The number of aromatic nitrogens is 2. The number of aryl methyl sites for hydroxylation is 1. The Kier molecular flexibility index (Phi) is 5.63. The molecular formula is C20H17Cl2N3O3S. The van der Waals surface area contributed by atoms with E-state index in [0.717, 1.165) is 22.5 Å². The lowest BCUT2D eigenvalue weighted by Gasteiger charge is -2.12. The van der Waals surface area contributed by atoms with Gasteiger partial charge in [0.25, 0.3) is 5.91 Å². The van der Waals surface area contributed by atoms with E-state index in [1.54, 1.807) is 22.9 Å². The summed E-state index contributed by atoms with van der Waals surface area (Å²) in [7, 11) is -1.01. The fraction of sp³-hybridized carbons (Fsp3) is 0.200. The Balaban J connectivity index is 1.56. The molecule has 2 heterocycles. The number of amides is 1. The van der Waals surface area contributed by atoms with Crippen molar-refractivity contribution in [2.75, 3.05) is 11.9 Å². The maximum absolute atomic E-state index is 12.6. The Hall–Kier alpha value is -2.35. The lowest BCUT2D eigenvalue weighted by molar-refractivity contribution is -0.118. The molecule has 1 atom stereocenters. The number of benzene rings is 2. The van der Waals surface area contributed by atoms with Gasteiger partial charge < -0.3 is 10.1 Å². The van der Waals surface area contributed by atoms with Crippen molar-refractivity contribution in [3.05, 3.63) is 69.3 Å². The molecule has 0 bridgehead atoms. The van der Waals surface area contributed by atoms with Crippen LogP contribution in [0.5, 0.6) is 5.75 Å². The van der Waals surface area contributed by atoms with E-state index < -0.39 is 10.8 Å². The van der Waals surface area contributed by atoms with Gasteiger partial charge in [-0.05, 0) is 37.3 Å². The van der Waals surface area contributed by atoms with Gasteiger partial charge in [0.05, 0.1) is 27.9 Å². The monoisotopic (exact) mass is 449 g/mol. The summed E-state index contributed by atoms with van der Waals surface area (Å²) in [4.78, 5) is 12.6. The molecule has 0 aliphatic carbocycles. The number of nitrogens with zero attached hydrogens (tertiary/aromatic N) is 2. The van der Waals surface area contributed by atoms with Crippen LogP contribution in [-0.4, -0.2) is 26.5 Å². The third kappa shape index (κ3) is 4.32. The van der Waals surface area contributed by atoms with Gasteiger partial charge in [-0.25, -0.2) is 4.68 Å². The number of anilines is 1. The molecule has 6 nitrogen and oxygen atoms in total. The zero-order chi connectivity index (χ0) is 20.5. The summed E-state index contributed by atoms with van der Waals surface area (Å²) in [5, 5.41) is 8.24. The summed E-state index contributed by atoms with van der Waals surface area (Å²) >= 11 is 11.9. The highest BCUT2D eigenvalue weighted by Crippen LogP contribution is 2.32. The van der Waals surface area contributed by atoms with E-state index >= 15 is 0 Å². The van der Waals surface area contributed by atoms with Gasteiger partial charge in [0.15, 0.2) is 6.61 Å². The number of rotatable bonds is 5. The molecule has 1 amide bonds. The lowest BCUT2D eigenvalue weighted by atomic mass is 10.2. The van der Waals surface area contributed by atoms with Gasteiger partial charge in [-0.3, -0.25) is 9.00 Å². The fourth-order valence-corrected chi connectivity index (χ4v) is 4.76. The van der Waals surface area contributed by atoms with E-state index in [9.17, 15) is 9.00 Å². The maximum Gasteiger partial charge on any atom is 0.263 e. The molecule has 1 aliphatic heterocycles. The van der Waals surface area contributed by atoms with Crippen LogP contribution in [0, 0.1) is 6.92 Å². The van der Waals surface area contributed by atoms with Crippen LogP contribution >= 0.6 is 23.2 Å². The highest BCUT2D eigenvalue weighted by atomic mass is 35.5. The van der Waals surface area contributed by atoms with Crippen LogP contribution in [0.15, 0.2) is 42.5 Å². The molecule has 9 heteroatoms. The number of hydrogen-bond donors (Lipinski definition) is 1. The largest absolute Gasteiger partial charge is 0.482 e. The van der Waals surface area contributed by atoms with Crippen molar-refractivity contribution in [3.63, 3.8) is 0 Å². The van der Waals surface area contributed by atoms with Crippen LogP contribution in [-0.2, 0) is 27.1 Å². The average Bonchev–Trinajstić information content (AvgIpc) is 3.19. The van der Waals surface area contributed by atoms with E-state index in [2.05, 4.69) is 10.4 Å². The smallest absolute Gasteiger partial charge is 0.263 e. The molecule has 29 heavy (non-hydrogen) atoms. The van der Waals surface area contributed by atoms with Gasteiger partial charge in [0, 0.05) is 21.4 Å². The molecule has 1 N–H and O–H groups in total. The third-order valence-electron chi connectivity index (χ3n) is 4.46. The zero-order valence-electron chi connectivity index (χ0n) is 15.4. The normalized spacial score (nSPS) is 15.2. The molecule has 1 aromatic heterocycles. The van der Waals surface area contributed by atoms with E-state index in [0.29, 0.717) is 33.1 Å². The summed E-state index contributed by atoms with van der Waals surface area (Å²) < 4.78 is 19.2. The number of ether oxygens (including phenoxy) is 1. The second-order valence-electron chi connectivity index (χ2n) is 6.66. The highest BCUT2D eigenvalue weighted by molar-refractivity contribution is 7.83. The van der Waals surface area contributed by atoms with Gasteiger partial charge in [0.2, 0.25) is 0 Å². The summed E-state index contributed by atoms with van der Waals surface area (Å²) in [6.07, 6.45) is 0. The number of halogens is 2. The van der Waals surface area contributed by atoms with Crippen LogP contribution in [0.1, 0.15) is 16.8 Å². The second kappa shape index (κ2) is 8.18. The Morgan fingerprint density at radius 3 is 2.69 bits per heavy atom. The second-order valence-corrected chi connectivity index (χ2v) is 8.96. The van der Waals surface area contributed by atoms with Crippen molar-refractivity contribution in [1.29, 1.82) is 0 Å². The lowest BCUT2D eigenvalue weighted by Crippen LogP contribution is -2.22. The summed E-state index contributed by atoms with van der Waals surface area (Å²) in [5.41, 5.74) is 3.46. The van der Waals surface area contributed by atoms with Gasteiger partial charge in [0.1, 0.15) is 11.6 Å². The minimum Gasteiger partial charge on any atom is -0.482 e. The molecule has 0 unspecified atom stereocenters. The predicted octanol–water partition coefficient (Wildman–Crippen LogP) is 4.27. The summed E-state index contributed by atoms with van der Waals surface area (Å²) in [6, 6.07) is 12.6. The number of carbonyl (C=O) groups is 1. The van der Waals surface area contributed by atoms with Gasteiger partial charge in [-0.15, -0.1) is 0 Å². The van der Waals surface area contributed by atoms with E-state index in [1.807, 2.05) is 31.2 Å². The van der Waals surface area contributed by atoms with Crippen molar-refractivity contribution in [2.45, 2.75) is 18.4 Å². The molecular weight excluding hydrogens is 433 g/mol. The first-order valence-corrected chi connectivity index (χ1v) is 11.1. The zero-order valence-corrected chi connectivity index (χ0v) is 17.8. The van der Waals surface area contributed by atoms with Crippen LogP contribution in [0.4, 0.5) is 5.82 Å². The predicted molar refractivity (Wildman–Crippen MR) is 114 cm³/mol. The van der Waals surface area contributed by atoms with Crippen LogP contribution in [0.2, 0.25) is 10.0 Å². The minimum atomic E-state index is -1.01. The molecule has 4 rings (SSSR count). The number of fused-ring (bicyclic) bond motifs is 1. The van der Waals surface area contributed by atoms with Crippen LogP contribution in [0.25, 0.3) is 5.69 Å². The number of hydrogen-bond acceptors (Lipinski definition) is 4. The fourth-order valence-electron chi connectivity index (χ4n) is 3.03. The van der Waals surface area contributed by atoms with Gasteiger partial charge in [-0.1, -0.05) is 40.9 Å². The summed E-state index contributed by atoms with van der Waals surface area (Å²) in [5.74, 6) is 1.26. The first-order chi connectivity index (χ1) is 13.9. The standard InChI is InChI=1S/C20H17Cl2N3O3S/c1-12-2-5-14(6-3-12)25-20(15-10-29(27)11-17(15)24-25)23-19(26)9-28-18-7-4-13(21)8-16(18)22/h2-8H,9-11H2,1H3,(H,23,26)/t29-/m0/s1. The average molecular weight is 450 g/mol. The van der Waals surface area contributed by atoms with Crippen molar-refractivity contribution in [3.8, 4) is 11.4 Å². The molecule has 0 saturated heterocycles. The summed E-state index contributed by atoms with van der Waals surface area (Å²) in [6.45, 7) is 1.76. The maximum atomic E-state index is 12.6. The molecule has 0 fully saturated rings. The molecule has 150 valence electrons. The van der Waals surface area contributed by atoms with Crippen LogP contribution < -0.4 is 10.1 Å². The quantitative estimate of drug-likeness (QED) is 0.630. The molecule has 2 aromatic carbocycles. The molecule has 0 spiro atoms.